The minimum atomic E-state index is -0.601. The van der Waals surface area contributed by atoms with E-state index >= 15 is 0 Å². The van der Waals surface area contributed by atoms with Gasteiger partial charge in [-0.1, -0.05) is 36.4 Å². The molecule has 0 saturated heterocycles. The second kappa shape index (κ2) is 8.05. The SMILES string of the molecule is COC(=O)c1cccc(C(=O)N(CCO)Cc2ccccc2)n1. The molecular formula is C17H18N2O4. The maximum absolute atomic E-state index is 12.6. The standard InChI is InChI=1S/C17H18N2O4/c1-23-17(22)15-9-5-8-14(18-15)16(21)19(10-11-20)12-13-6-3-2-4-7-13/h2-9,20H,10-12H2,1H3. The smallest absolute Gasteiger partial charge is 0.356 e. The Hall–Kier alpha value is -2.73. The Balaban J connectivity index is 2.22. The Morgan fingerprint density at radius 1 is 1.09 bits per heavy atom. The number of methoxy groups -OCH3 is 1. The van der Waals surface area contributed by atoms with E-state index in [1.165, 1.54) is 24.1 Å². The number of hydrogen-bond donors (Lipinski definition) is 1. The first kappa shape index (κ1) is 16.6. The van der Waals surface area contributed by atoms with Gasteiger partial charge in [0.25, 0.3) is 5.91 Å². The number of pyridine rings is 1. The highest BCUT2D eigenvalue weighted by Crippen LogP contribution is 2.10. The number of amides is 1. The van der Waals surface area contributed by atoms with E-state index in [2.05, 4.69) is 9.72 Å². The van der Waals surface area contributed by atoms with Crippen molar-refractivity contribution >= 4 is 11.9 Å². The Morgan fingerprint density at radius 3 is 2.43 bits per heavy atom. The molecular weight excluding hydrogens is 296 g/mol. The van der Waals surface area contributed by atoms with Crippen molar-refractivity contribution < 1.29 is 19.4 Å². The largest absolute Gasteiger partial charge is 0.464 e. The van der Waals surface area contributed by atoms with Crippen molar-refractivity contribution in [1.29, 1.82) is 0 Å². The number of aliphatic hydroxyl groups excluding tert-OH is 1. The van der Waals surface area contributed by atoms with Gasteiger partial charge in [-0.05, 0) is 17.7 Å². The molecule has 6 heteroatoms. The van der Waals surface area contributed by atoms with Gasteiger partial charge < -0.3 is 14.7 Å². The zero-order valence-electron chi connectivity index (χ0n) is 12.8. The fourth-order valence-corrected chi connectivity index (χ4v) is 2.11. The summed E-state index contributed by atoms with van der Waals surface area (Å²) in [6.45, 7) is 0.373. The summed E-state index contributed by atoms with van der Waals surface area (Å²) in [5.41, 5.74) is 1.15. The number of aliphatic hydroxyl groups is 1. The molecule has 0 atom stereocenters. The summed E-state index contributed by atoms with van der Waals surface area (Å²) in [6.07, 6.45) is 0. The van der Waals surface area contributed by atoms with Gasteiger partial charge in [0.15, 0.2) is 0 Å². The lowest BCUT2D eigenvalue weighted by Gasteiger charge is -2.21. The normalized spacial score (nSPS) is 10.2. The lowest BCUT2D eigenvalue weighted by molar-refractivity contribution is 0.0593. The van der Waals surface area contributed by atoms with Gasteiger partial charge >= 0.3 is 5.97 Å². The number of benzene rings is 1. The van der Waals surface area contributed by atoms with E-state index in [1.807, 2.05) is 30.3 Å². The van der Waals surface area contributed by atoms with E-state index in [0.29, 0.717) is 6.54 Å². The number of hydrogen-bond acceptors (Lipinski definition) is 5. The predicted octanol–water partition coefficient (Wildman–Crippen LogP) is 1.50. The summed E-state index contributed by atoms with van der Waals surface area (Å²) in [5, 5.41) is 9.20. The van der Waals surface area contributed by atoms with Crippen molar-refractivity contribution in [2.24, 2.45) is 0 Å². The molecule has 0 radical (unpaired) electrons. The van der Waals surface area contributed by atoms with Crippen LogP contribution in [-0.4, -0.2) is 47.1 Å². The second-order valence-electron chi connectivity index (χ2n) is 4.84. The van der Waals surface area contributed by atoms with Gasteiger partial charge in [0.05, 0.1) is 13.7 Å². The zero-order chi connectivity index (χ0) is 16.7. The van der Waals surface area contributed by atoms with Crippen molar-refractivity contribution in [2.45, 2.75) is 6.54 Å². The molecule has 0 aliphatic rings. The first-order chi connectivity index (χ1) is 11.2. The van der Waals surface area contributed by atoms with Crippen molar-refractivity contribution in [3.05, 3.63) is 65.5 Å². The Morgan fingerprint density at radius 2 is 1.78 bits per heavy atom. The Kier molecular flexibility index (Phi) is 5.82. The van der Waals surface area contributed by atoms with Crippen LogP contribution in [0.2, 0.25) is 0 Å². The van der Waals surface area contributed by atoms with Crippen LogP contribution in [0.3, 0.4) is 0 Å². The third-order valence-corrected chi connectivity index (χ3v) is 3.24. The lowest BCUT2D eigenvalue weighted by Crippen LogP contribution is -2.33. The van der Waals surface area contributed by atoms with E-state index in [1.54, 1.807) is 6.07 Å². The molecule has 0 spiro atoms. The maximum Gasteiger partial charge on any atom is 0.356 e. The van der Waals surface area contributed by atoms with Gasteiger partial charge in [0, 0.05) is 13.1 Å². The quantitative estimate of drug-likeness (QED) is 0.817. The molecule has 0 fully saturated rings. The van der Waals surface area contributed by atoms with E-state index < -0.39 is 5.97 Å². The summed E-state index contributed by atoms with van der Waals surface area (Å²) in [4.78, 5) is 29.7. The van der Waals surface area contributed by atoms with E-state index in [4.69, 9.17) is 0 Å². The first-order valence-electron chi connectivity index (χ1n) is 7.15. The van der Waals surface area contributed by atoms with Crippen LogP contribution in [0.5, 0.6) is 0 Å². The van der Waals surface area contributed by atoms with Gasteiger partial charge in [-0.25, -0.2) is 9.78 Å². The molecule has 23 heavy (non-hydrogen) atoms. The van der Waals surface area contributed by atoms with Crippen LogP contribution < -0.4 is 0 Å². The topological polar surface area (TPSA) is 79.7 Å². The van der Waals surface area contributed by atoms with E-state index in [0.717, 1.165) is 5.56 Å². The van der Waals surface area contributed by atoms with Crippen LogP contribution in [-0.2, 0) is 11.3 Å². The van der Waals surface area contributed by atoms with Crippen LogP contribution in [0.4, 0.5) is 0 Å². The van der Waals surface area contributed by atoms with Gasteiger partial charge in [-0.15, -0.1) is 0 Å². The van der Waals surface area contributed by atoms with Crippen LogP contribution in [0.15, 0.2) is 48.5 Å². The Bertz CT molecular complexity index is 673. The summed E-state index contributed by atoms with van der Waals surface area (Å²) >= 11 is 0. The lowest BCUT2D eigenvalue weighted by atomic mass is 10.2. The van der Waals surface area contributed by atoms with Gasteiger partial charge in [-0.2, -0.15) is 0 Å². The minimum Gasteiger partial charge on any atom is -0.464 e. The predicted molar refractivity (Wildman–Crippen MR) is 83.8 cm³/mol. The van der Waals surface area contributed by atoms with Crippen LogP contribution in [0.1, 0.15) is 26.5 Å². The van der Waals surface area contributed by atoms with Crippen LogP contribution in [0, 0.1) is 0 Å². The van der Waals surface area contributed by atoms with Crippen molar-refractivity contribution in [3.63, 3.8) is 0 Å². The molecule has 0 aliphatic heterocycles. The van der Waals surface area contributed by atoms with Gasteiger partial charge in [0.1, 0.15) is 11.4 Å². The zero-order valence-corrected chi connectivity index (χ0v) is 12.8. The summed E-state index contributed by atoms with van der Waals surface area (Å²) in [7, 11) is 1.26. The fourth-order valence-electron chi connectivity index (χ4n) is 2.11. The van der Waals surface area contributed by atoms with Gasteiger partial charge in [-0.3, -0.25) is 4.79 Å². The molecule has 6 nitrogen and oxygen atoms in total. The van der Waals surface area contributed by atoms with E-state index in [9.17, 15) is 14.7 Å². The number of carbonyl (C=O) groups is 2. The molecule has 0 aliphatic carbocycles. The molecule has 1 N–H and O–H groups in total. The number of nitrogens with zero attached hydrogens (tertiary/aromatic N) is 2. The molecule has 1 aromatic carbocycles. The third kappa shape index (κ3) is 4.37. The average molecular weight is 314 g/mol. The molecule has 0 bridgehead atoms. The fraction of sp³-hybridized carbons (Fsp3) is 0.235. The first-order valence-corrected chi connectivity index (χ1v) is 7.15. The average Bonchev–Trinajstić information content (AvgIpc) is 2.61. The molecule has 120 valence electrons. The highest BCUT2D eigenvalue weighted by molar-refractivity contribution is 5.94. The molecule has 1 heterocycles. The van der Waals surface area contributed by atoms with Crippen molar-refractivity contribution in [1.82, 2.24) is 9.88 Å². The second-order valence-corrected chi connectivity index (χ2v) is 4.84. The molecule has 1 amide bonds. The number of esters is 1. The number of ether oxygens (including phenoxy) is 1. The van der Waals surface area contributed by atoms with Gasteiger partial charge in [0.2, 0.25) is 0 Å². The molecule has 0 unspecified atom stereocenters. The monoisotopic (exact) mass is 314 g/mol. The maximum atomic E-state index is 12.6. The van der Waals surface area contributed by atoms with Crippen LogP contribution >= 0.6 is 0 Å². The summed E-state index contributed by atoms with van der Waals surface area (Å²) in [6, 6.07) is 14.0. The molecule has 0 saturated carbocycles. The number of rotatable bonds is 6. The number of aromatic nitrogens is 1. The van der Waals surface area contributed by atoms with Crippen molar-refractivity contribution in [2.75, 3.05) is 20.3 Å². The highest BCUT2D eigenvalue weighted by atomic mass is 16.5. The molecule has 2 rings (SSSR count). The Labute approximate surface area is 134 Å². The molecule has 2 aromatic rings. The molecule has 1 aromatic heterocycles. The van der Waals surface area contributed by atoms with Crippen molar-refractivity contribution in [3.8, 4) is 0 Å². The summed E-state index contributed by atoms with van der Waals surface area (Å²) in [5.74, 6) is -0.954. The summed E-state index contributed by atoms with van der Waals surface area (Å²) < 4.78 is 4.61. The number of carbonyl (C=O) groups excluding carboxylic acids is 2. The van der Waals surface area contributed by atoms with Crippen LogP contribution in [0.25, 0.3) is 0 Å². The third-order valence-electron chi connectivity index (χ3n) is 3.24. The highest BCUT2D eigenvalue weighted by Gasteiger charge is 2.19. The minimum absolute atomic E-state index is 0.0713. The van der Waals surface area contributed by atoms with E-state index in [-0.39, 0.29) is 30.4 Å².